The van der Waals surface area contributed by atoms with Crippen LogP contribution in [0.25, 0.3) is 0 Å². The van der Waals surface area contributed by atoms with Crippen LogP contribution in [0, 0.1) is 0 Å². The molecule has 0 amide bonds. The molecule has 1 aliphatic heterocycles. The maximum absolute atomic E-state index is 11.3. The highest BCUT2D eigenvalue weighted by molar-refractivity contribution is 7.89. The van der Waals surface area contributed by atoms with E-state index in [0.29, 0.717) is 18.7 Å². The predicted molar refractivity (Wildman–Crippen MR) is 76.8 cm³/mol. The first-order valence-corrected chi connectivity index (χ1v) is 8.42. The summed E-state index contributed by atoms with van der Waals surface area (Å²) in [6.45, 7) is 4.74. The minimum Gasteiger partial charge on any atom is -0.380 e. The molecular formula is C12H27N3O3S. The fourth-order valence-electron chi connectivity index (χ4n) is 2.36. The Labute approximate surface area is 117 Å². The highest BCUT2D eigenvalue weighted by atomic mass is 32.2. The summed E-state index contributed by atoms with van der Waals surface area (Å²) in [6, 6.07) is 0.484. The van der Waals surface area contributed by atoms with Crippen molar-refractivity contribution >= 4 is 10.0 Å². The summed E-state index contributed by atoms with van der Waals surface area (Å²) in [4.78, 5) is 4.47. The number of nitrogens with one attached hydrogen (secondary N) is 1. The van der Waals surface area contributed by atoms with Crippen molar-refractivity contribution in [1.29, 1.82) is 0 Å². The summed E-state index contributed by atoms with van der Waals surface area (Å²) < 4.78 is 30.6. The molecule has 0 radical (unpaired) electrons. The second-order valence-electron chi connectivity index (χ2n) is 5.25. The van der Waals surface area contributed by atoms with E-state index in [0.717, 1.165) is 26.1 Å². The molecule has 2 atom stereocenters. The predicted octanol–water partition coefficient (Wildman–Crippen LogP) is -0.423. The van der Waals surface area contributed by atoms with Crippen molar-refractivity contribution in [2.24, 2.45) is 0 Å². The Morgan fingerprint density at radius 2 is 2.16 bits per heavy atom. The van der Waals surface area contributed by atoms with Crippen LogP contribution in [0.4, 0.5) is 0 Å². The molecule has 6 nitrogen and oxygen atoms in total. The van der Waals surface area contributed by atoms with Crippen molar-refractivity contribution in [3.05, 3.63) is 0 Å². The van der Waals surface area contributed by atoms with Crippen molar-refractivity contribution in [2.75, 3.05) is 53.1 Å². The molecule has 1 rings (SSSR count). The summed E-state index contributed by atoms with van der Waals surface area (Å²) in [5, 5.41) is 0. The maximum Gasteiger partial charge on any atom is 0.211 e. The van der Waals surface area contributed by atoms with Crippen molar-refractivity contribution < 1.29 is 13.2 Å². The Hall–Kier alpha value is -0.210. The van der Waals surface area contributed by atoms with Gasteiger partial charge in [-0.25, -0.2) is 13.1 Å². The minimum absolute atomic E-state index is 0.137. The quantitative estimate of drug-likeness (QED) is 0.658. The van der Waals surface area contributed by atoms with Gasteiger partial charge in [-0.05, 0) is 27.4 Å². The molecule has 0 bridgehead atoms. The monoisotopic (exact) mass is 293 g/mol. The fraction of sp³-hybridized carbons (Fsp3) is 1.00. The van der Waals surface area contributed by atoms with Crippen LogP contribution >= 0.6 is 0 Å². The van der Waals surface area contributed by atoms with E-state index in [2.05, 4.69) is 21.6 Å². The third kappa shape index (κ3) is 5.74. The molecule has 7 heteroatoms. The number of nitrogens with zero attached hydrogens (tertiary/aromatic N) is 2. The van der Waals surface area contributed by atoms with Gasteiger partial charge in [0.1, 0.15) is 0 Å². The van der Waals surface area contributed by atoms with Crippen LogP contribution in [0.15, 0.2) is 0 Å². The number of likely N-dealkylation sites (tertiary alicyclic amines) is 1. The number of rotatable bonds is 8. The molecule has 114 valence electrons. The maximum atomic E-state index is 11.3. The van der Waals surface area contributed by atoms with Crippen molar-refractivity contribution in [2.45, 2.75) is 25.5 Å². The molecule has 0 spiro atoms. The zero-order valence-corrected chi connectivity index (χ0v) is 13.2. The number of hydrogen-bond acceptors (Lipinski definition) is 5. The van der Waals surface area contributed by atoms with Crippen molar-refractivity contribution in [3.8, 4) is 0 Å². The normalized spacial score (nSPS) is 25.3. The lowest BCUT2D eigenvalue weighted by Gasteiger charge is -2.25. The number of methoxy groups -OCH3 is 1. The fourth-order valence-corrected chi connectivity index (χ4v) is 2.96. The molecule has 0 aromatic rings. The molecule has 19 heavy (non-hydrogen) atoms. The zero-order chi connectivity index (χ0) is 14.5. The van der Waals surface area contributed by atoms with Gasteiger partial charge in [-0.15, -0.1) is 0 Å². The molecule has 1 heterocycles. The summed E-state index contributed by atoms with van der Waals surface area (Å²) in [6.07, 6.45) is 1.36. The Bertz CT molecular complexity index is 361. The van der Waals surface area contributed by atoms with Gasteiger partial charge >= 0.3 is 0 Å². The average molecular weight is 293 g/mol. The highest BCUT2D eigenvalue weighted by Gasteiger charge is 2.29. The second kappa shape index (κ2) is 7.54. The van der Waals surface area contributed by atoms with Crippen LogP contribution in [0.5, 0.6) is 0 Å². The Balaban J connectivity index is 2.26. The van der Waals surface area contributed by atoms with E-state index < -0.39 is 10.0 Å². The average Bonchev–Trinajstić information content (AvgIpc) is 2.70. The molecule has 0 unspecified atom stereocenters. The van der Waals surface area contributed by atoms with Gasteiger partial charge in [0, 0.05) is 39.3 Å². The van der Waals surface area contributed by atoms with E-state index in [4.69, 9.17) is 4.74 Å². The summed E-state index contributed by atoms with van der Waals surface area (Å²) in [7, 11) is 2.81. The molecular weight excluding hydrogens is 266 g/mol. The van der Waals surface area contributed by atoms with Gasteiger partial charge in [0.2, 0.25) is 10.0 Å². The van der Waals surface area contributed by atoms with E-state index in [9.17, 15) is 8.42 Å². The topological polar surface area (TPSA) is 61.9 Å². The van der Waals surface area contributed by atoms with Crippen LogP contribution in [-0.2, 0) is 14.8 Å². The lowest BCUT2D eigenvalue weighted by Crippen LogP contribution is -2.40. The van der Waals surface area contributed by atoms with E-state index in [-0.39, 0.29) is 5.75 Å². The van der Waals surface area contributed by atoms with Crippen LogP contribution in [0.2, 0.25) is 0 Å². The smallest absolute Gasteiger partial charge is 0.211 e. The number of hydrogen-bond donors (Lipinski definition) is 1. The van der Waals surface area contributed by atoms with E-state index in [1.54, 1.807) is 14.0 Å². The molecule has 1 N–H and O–H groups in total. The molecule has 0 aliphatic carbocycles. The molecule has 0 aromatic heterocycles. The molecule has 0 saturated carbocycles. The molecule has 1 fully saturated rings. The minimum atomic E-state index is -3.07. The summed E-state index contributed by atoms with van der Waals surface area (Å²) in [5.74, 6) is 0.137. The van der Waals surface area contributed by atoms with Crippen LogP contribution < -0.4 is 4.72 Å². The van der Waals surface area contributed by atoms with Gasteiger partial charge < -0.3 is 9.64 Å². The number of sulfonamides is 1. The third-order valence-electron chi connectivity index (χ3n) is 3.70. The third-order valence-corrected chi connectivity index (χ3v) is 5.11. The largest absolute Gasteiger partial charge is 0.380 e. The molecule has 0 aromatic carbocycles. The second-order valence-corrected chi connectivity index (χ2v) is 7.34. The van der Waals surface area contributed by atoms with Crippen LogP contribution in [-0.4, -0.2) is 83.5 Å². The SMILES string of the molecule is CCS(=O)(=O)NCCN(C)C[C@@H]1C[C@H](OC)CN1C. The van der Waals surface area contributed by atoms with E-state index in [1.807, 2.05) is 7.05 Å². The van der Waals surface area contributed by atoms with Gasteiger partial charge in [0.25, 0.3) is 0 Å². The van der Waals surface area contributed by atoms with E-state index in [1.165, 1.54) is 0 Å². The first kappa shape index (κ1) is 16.8. The Kier molecular flexibility index (Phi) is 6.68. The standard InChI is InChI=1S/C12H27N3O3S/c1-5-19(16,17)13-6-7-14(2)9-11-8-12(18-4)10-15(11)3/h11-13H,5-10H2,1-4H3/t11-,12-/m0/s1. The van der Waals surface area contributed by atoms with Gasteiger partial charge in [-0.2, -0.15) is 0 Å². The molecule has 1 aliphatic rings. The Morgan fingerprint density at radius 3 is 2.68 bits per heavy atom. The Morgan fingerprint density at radius 1 is 1.47 bits per heavy atom. The first-order chi connectivity index (χ1) is 8.88. The van der Waals surface area contributed by atoms with Crippen molar-refractivity contribution in [3.63, 3.8) is 0 Å². The van der Waals surface area contributed by atoms with Crippen LogP contribution in [0.3, 0.4) is 0 Å². The van der Waals surface area contributed by atoms with Gasteiger partial charge in [-0.3, -0.25) is 4.90 Å². The number of likely N-dealkylation sites (N-methyl/N-ethyl adjacent to an activating group) is 2. The summed E-state index contributed by atoms with van der Waals surface area (Å²) in [5.41, 5.74) is 0. The summed E-state index contributed by atoms with van der Waals surface area (Å²) >= 11 is 0. The lowest BCUT2D eigenvalue weighted by atomic mass is 10.2. The van der Waals surface area contributed by atoms with Gasteiger partial charge in [-0.1, -0.05) is 0 Å². The first-order valence-electron chi connectivity index (χ1n) is 6.77. The van der Waals surface area contributed by atoms with E-state index >= 15 is 0 Å². The zero-order valence-electron chi connectivity index (χ0n) is 12.4. The van der Waals surface area contributed by atoms with Crippen LogP contribution in [0.1, 0.15) is 13.3 Å². The number of ether oxygens (including phenoxy) is 1. The van der Waals surface area contributed by atoms with Gasteiger partial charge in [0.15, 0.2) is 0 Å². The molecule has 1 saturated heterocycles. The van der Waals surface area contributed by atoms with Crippen molar-refractivity contribution in [1.82, 2.24) is 14.5 Å². The van der Waals surface area contributed by atoms with Gasteiger partial charge in [0.05, 0.1) is 11.9 Å². The highest BCUT2D eigenvalue weighted by Crippen LogP contribution is 2.18. The lowest BCUT2D eigenvalue weighted by molar-refractivity contribution is 0.111.